The smallest absolute Gasteiger partial charge is 0.408 e. The number of nitrogens with zero attached hydrogens (tertiary/aromatic N) is 3. The van der Waals surface area contributed by atoms with Crippen LogP contribution < -0.4 is 43.8 Å². The predicted octanol–water partition coefficient (Wildman–Crippen LogP) is 2.21. The first kappa shape index (κ1) is 57.1. The van der Waals surface area contributed by atoms with Crippen LogP contribution in [0.1, 0.15) is 105 Å². The van der Waals surface area contributed by atoms with Gasteiger partial charge in [-0.3, -0.25) is 38.6 Å². The molecule has 5 rings (SSSR count). The molecule has 398 valence electrons. The van der Waals surface area contributed by atoms with E-state index in [9.17, 15) is 33.6 Å². The van der Waals surface area contributed by atoms with Crippen molar-refractivity contribution >= 4 is 76.1 Å². The van der Waals surface area contributed by atoms with Gasteiger partial charge in [-0.15, -0.1) is 11.8 Å². The number of amides is 8. The topological polar surface area (TPSA) is 319 Å². The molecule has 0 radical (unpaired) electrons. The van der Waals surface area contributed by atoms with Crippen molar-refractivity contribution in [3.8, 4) is 0 Å². The lowest BCUT2D eigenvalue weighted by molar-refractivity contribution is -0.149. The van der Waals surface area contributed by atoms with E-state index in [1.165, 1.54) is 28.5 Å². The molecule has 3 heterocycles. The zero-order valence-corrected chi connectivity index (χ0v) is 43.8. The number of nitrogens with two attached hydrogens (primary N) is 3. The zero-order chi connectivity index (χ0) is 53.6. The van der Waals surface area contributed by atoms with E-state index >= 15 is 4.79 Å². The SMILES string of the molecule is CCCC[C@H](NC(=O)[C@@H]1CCCN1C(=O)[C@@H]1N(C(=O)[C@H](Cc2ccccc2)NC(=O)[C@@H](Cc2c[nH]c3ccccc23)NC(=O)[C@H](C)NC(=O)[C@H](CCCN=C(N)N)NC(=O)OC(C)(C)C)CSC1(C)C)C(N)=O. The highest BCUT2D eigenvalue weighted by molar-refractivity contribution is 8.00. The van der Waals surface area contributed by atoms with Gasteiger partial charge in [-0.25, -0.2) is 4.79 Å². The molecule has 21 nitrogen and oxygen atoms in total. The van der Waals surface area contributed by atoms with Crippen molar-refractivity contribution in [1.82, 2.24) is 41.4 Å². The number of hydrogen-bond acceptors (Lipinski definition) is 11. The van der Waals surface area contributed by atoms with E-state index in [2.05, 4.69) is 36.6 Å². The number of hydrogen-bond donors (Lipinski definition) is 9. The number of thioether (sulfide) groups is 1. The summed E-state index contributed by atoms with van der Waals surface area (Å²) < 4.78 is 4.56. The average Bonchev–Trinajstić information content (AvgIpc) is 4.07. The monoisotopic (exact) mass is 1030 g/mol. The number of alkyl carbamates (subject to hydrolysis) is 1. The Morgan fingerprint density at radius 3 is 2.14 bits per heavy atom. The number of aromatic amines is 1. The summed E-state index contributed by atoms with van der Waals surface area (Å²) >= 11 is 1.39. The highest BCUT2D eigenvalue weighted by Crippen LogP contribution is 2.41. The molecule has 0 bridgehead atoms. The van der Waals surface area contributed by atoms with Crippen molar-refractivity contribution in [2.24, 2.45) is 22.2 Å². The normalized spacial score (nSPS) is 18.3. The van der Waals surface area contributed by atoms with E-state index in [0.717, 1.165) is 17.3 Å². The summed E-state index contributed by atoms with van der Waals surface area (Å²) in [5.41, 5.74) is 17.9. The van der Waals surface area contributed by atoms with E-state index in [1.807, 2.05) is 63.2 Å². The van der Waals surface area contributed by atoms with E-state index in [-0.39, 0.29) is 44.2 Å². The third kappa shape index (κ3) is 16.1. The second-order valence-electron chi connectivity index (χ2n) is 20.1. The Labute approximate surface area is 431 Å². The lowest BCUT2D eigenvalue weighted by atomic mass is 9.97. The maximum absolute atomic E-state index is 15.1. The molecule has 2 aromatic carbocycles. The van der Waals surface area contributed by atoms with E-state index < -0.39 is 100 Å². The maximum atomic E-state index is 15.1. The number of aromatic nitrogens is 1. The number of carbonyl (C=O) groups is 8. The molecule has 2 aliphatic rings. The van der Waals surface area contributed by atoms with Crippen LogP contribution in [-0.4, -0.2) is 140 Å². The minimum atomic E-state index is -1.31. The summed E-state index contributed by atoms with van der Waals surface area (Å²) in [5.74, 6) is -4.34. The van der Waals surface area contributed by atoms with E-state index in [1.54, 1.807) is 39.1 Å². The van der Waals surface area contributed by atoms with Crippen molar-refractivity contribution in [2.75, 3.05) is 19.0 Å². The number of fused-ring (bicyclic) bond motifs is 1. The quantitative estimate of drug-likeness (QED) is 0.0375. The van der Waals surface area contributed by atoms with Crippen molar-refractivity contribution < 1.29 is 43.1 Å². The minimum Gasteiger partial charge on any atom is -0.444 e. The van der Waals surface area contributed by atoms with Gasteiger partial charge >= 0.3 is 6.09 Å². The van der Waals surface area contributed by atoms with Gasteiger partial charge in [0.2, 0.25) is 41.4 Å². The summed E-state index contributed by atoms with van der Waals surface area (Å²) in [7, 11) is 0. The fourth-order valence-corrected chi connectivity index (χ4v) is 10.1. The van der Waals surface area contributed by atoms with Crippen molar-refractivity contribution in [3.05, 3.63) is 71.9 Å². The number of H-pyrrole nitrogens is 1. The number of nitrogens with one attached hydrogen (secondary N) is 6. The summed E-state index contributed by atoms with van der Waals surface area (Å²) in [6, 6.07) is 8.70. The number of ether oxygens (including phenoxy) is 1. The van der Waals surface area contributed by atoms with Gasteiger partial charge in [0.05, 0.1) is 5.88 Å². The van der Waals surface area contributed by atoms with Gasteiger partial charge in [-0.2, -0.15) is 0 Å². The molecule has 73 heavy (non-hydrogen) atoms. The second kappa shape index (κ2) is 25.7. The number of rotatable bonds is 23. The molecule has 0 aliphatic carbocycles. The number of primary amides is 1. The van der Waals surface area contributed by atoms with Gasteiger partial charge in [0.1, 0.15) is 47.9 Å². The predicted molar refractivity (Wildman–Crippen MR) is 279 cm³/mol. The molecule has 12 N–H and O–H groups in total. The molecule has 0 unspecified atom stereocenters. The molecule has 7 atom stereocenters. The maximum Gasteiger partial charge on any atom is 0.408 e. The Hall–Kier alpha value is -6.84. The molecule has 3 aromatic rings. The Morgan fingerprint density at radius 2 is 1.47 bits per heavy atom. The van der Waals surface area contributed by atoms with Gasteiger partial charge in [0.25, 0.3) is 0 Å². The molecule has 0 saturated carbocycles. The fourth-order valence-electron chi connectivity index (χ4n) is 8.96. The van der Waals surface area contributed by atoms with Crippen molar-refractivity contribution in [3.63, 3.8) is 0 Å². The second-order valence-corrected chi connectivity index (χ2v) is 21.7. The molecule has 2 fully saturated rings. The first-order valence-corrected chi connectivity index (χ1v) is 25.9. The summed E-state index contributed by atoms with van der Waals surface area (Å²) in [4.78, 5) is 122. The van der Waals surface area contributed by atoms with Crippen molar-refractivity contribution in [1.29, 1.82) is 0 Å². The van der Waals surface area contributed by atoms with Crippen LogP contribution in [0.25, 0.3) is 10.9 Å². The van der Waals surface area contributed by atoms with Crippen LogP contribution in [0.5, 0.6) is 0 Å². The molecule has 2 aliphatic heterocycles. The highest BCUT2D eigenvalue weighted by atomic mass is 32.2. The molecule has 0 spiro atoms. The molecule has 8 amide bonds. The number of likely N-dealkylation sites (tertiary alicyclic amines) is 1. The van der Waals surface area contributed by atoms with E-state index in [4.69, 9.17) is 21.9 Å². The van der Waals surface area contributed by atoms with Crippen LogP contribution in [0, 0.1) is 0 Å². The minimum absolute atomic E-state index is 0.0182. The number of benzene rings is 2. The summed E-state index contributed by atoms with van der Waals surface area (Å²) in [5, 5.41) is 14.5. The largest absolute Gasteiger partial charge is 0.444 e. The first-order chi connectivity index (χ1) is 34.5. The molecular formula is C51H74N12O9S. The van der Waals surface area contributed by atoms with Gasteiger partial charge < -0.3 is 63.3 Å². The van der Waals surface area contributed by atoms with Crippen LogP contribution in [0.15, 0.2) is 65.8 Å². The Balaban J connectivity index is 1.41. The van der Waals surface area contributed by atoms with Gasteiger partial charge in [0, 0.05) is 47.8 Å². The van der Waals surface area contributed by atoms with Crippen LogP contribution in [0.4, 0.5) is 4.79 Å². The molecule has 2 saturated heterocycles. The Morgan fingerprint density at radius 1 is 0.808 bits per heavy atom. The van der Waals surface area contributed by atoms with Gasteiger partial charge in [0.15, 0.2) is 5.96 Å². The lowest BCUT2D eigenvalue weighted by Gasteiger charge is -2.37. The third-order valence-electron chi connectivity index (χ3n) is 12.7. The highest BCUT2D eigenvalue weighted by Gasteiger charge is 2.52. The third-order valence-corrected chi connectivity index (χ3v) is 14.1. The van der Waals surface area contributed by atoms with Crippen LogP contribution in [0.2, 0.25) is 0 Å². The summed E-state index contributed by atoms with van der Waals surface area (Å²) in [6.07, 6.45) is 3.94. The fraction of sp³-hybridized carbons (Fsp3) is 0.549. The van der Waals surface area contributed by atoms with Crippen LogP contribution in [0.3, 0.4) is 0 Å². The standard InChI is InChI=1S/C51H74N12O9S/c1-8-9-20-35(41(52)64)58-45(68)39-23-16-25-62(39)47(70)40-51(6,7)73-29-63(40)46(69)38(26-31-17-11-10-12-18-31)60-44(67)37(27-32-28-56-34-21-14-13-19-33(32)34)59-42(65)30(2)57-43(66)36(22-15-24-55-48(53)54)61-49(71)72-50(3,4)5/h10-14,17-19,21,28,30,35-40,56H,8-9,15-16,20,22-27,29H2,1-7H3,(H2,52,64)(H,57,66)(H,58,68)(H,59,65)(H,60,67)(H,61,71)(H4,53,54,55)/t30-,35-,36-,37+,38-,39-,40-/m0/s1. The molecular weight excluding hydrogens is 957 g/mol. The lowest BCUT2D eigenvalue weighted by Crippen LogP contribution is -2.62. The Kier molecular flexibility index (Phi) is 20.1. The number of guanidine groups is 1. The summed E-state index contributed by atoms with van der Waals surface area (Å²) in [6.45, 7) is 12.5. The average molecular weight is 1030 g/mol. The number of para-hydroxylation sites is 1. The number of carbonyl (C=O) groups excluding carboxylic acids is 8. The zero-order valence-electron chi connectivity index (χ0n) is 43.0. The number of aliphatic imine (C=N–C) groups is 1. The first-order valence-electron chi connectivity index (χ1n) is 24.9. The molecule has 22 heteroatoms. The van der Waals surface area contributed by atoms with Crippen LogP contribution in [-0.2, 0) is 51.1 Å². The van der Waals surface area contributed by atoms with Gasteiger partial charge in [-0.1, -0.05) is 68.3 Å². The Bertz CT molecular complexity index is 2470. The number of unbranched alkanes of at least 4 members (excludes halogenated alkanes) is 1. The van der Waals surface area contributed by atoms with E-state index in [0.29, 0.717) is 43.2 Å². The molecule has 1 aromatic heterocycles. The van der Waals surface area contributed by atoms with Gasteiger partial charge in [-0.05, 0) is 90.8 Å². The van der Waals surface area contributed by atoms with Crippen LogP contribution >= 0.6 is 11.8 Å². The van der Waals surface area contributed by atoms with Crippen molar-refractivity contribution in [2.45, 2.75) is 159 Å².